The number of amides is 1. The van der Waals surface area contributed by atoms with Gasteiger partial charge in [-0.3, -0.25) is 0 Å². The fraction of sp³-hybridized carbons (Fsp3) is 0.500. The third kappa shape index (κ3) is 8.27. The Morgan fingerprint density at radius 2 is 2.56 bits per heavy atom. The molecule has 1 amide bonds. The summed E-state index contributed by atoms with van der Waals surface area (Å²) in [5.74, 6) is 0. The average Bonchev–Trinajstić information content (AvgIpc) is 1.68. The molecule has 46 valence electrons. The Hall–Kier alpha value is 0.270. The average molecular weight is 155 g/mol. The third-order valence-electron chi connectivity index (χ3n) is 0.405. The van der Waals surface area contributed by atoms with Gasteiger partial charge in [0, 0.05) is 0 Å². The topological polar surface area (TPSA) is 38.7 Å². The van der Waals surface area contributed by atoms with Crippen molar-refractivity contribution in [2.75, 3.05) is 6.61 Å². The minimum Gasteiger partial charge on any atom is -1.00 e. The summed E-state index contributed by atoms with van der Waals surface area (Å²) in [5, 5.41) is 1.89. The summed E-state index contributed by atoms with van der Waals surface area (Å²) in [5.41, 5.74) is 0. The zero-order chi connectivity index (χ0) is 6.41. The molecule has 0 aliphatic carbocycles. The molecule has 0 atom stereocenters. The van der Waals surface area contributed by atoms with Gasteiger partial charge in [0.05, 0.1) is 11.8 Å². The number of rotatable bonds is 1. The summed E-state index contributed by atoms with van der Waals surface area (Å²) < 4.78 is 4.35. The van der Waals surface area contributed by atoms with E-state index in [1.165, 1.54) is 0 Å². The van der Waals surface area contributed by atoms with Crippen LogP contribution in [0.1, 0.15) is 8.35 Å². The first kappa shape index (κ1) is 12.0. The number of aliphatic imine (C=N–C) groups is 1. The van der Waals surface area contributed by atoms with Crippen molar-refractivity contribution < 1.29 is 40.5 Å². The quantitative estimate of drug-likeness (QED) is 0.259. The summed E-state index contributed by atoms with van der Waals surface area (Å²) in [6.07, 6.45) is -0.678. The number of carbonyl (C=O) groups is 1. The van der Waals surface area contributed by atoms with Crippen LogP contribution in [0.4, 0.5) is 4.79 Å². The maximum absolute atomic E-state index is 10.1. The summed E-state index contributed by atoms with van der Waals surface area (Å²) >= 11 is 4.12. The molecule has 0 rings (SSSR count). The zero-order valence-electron chi connectivity index (χ0n) is 6.38. The standard InChI is InChI=1S/C4H5NO2S.Na.H/c1-2-7-4(6)5-3-8;;/h2H2,1H3;;/q;+1;-1. The molecule has 0 heterocycles. The normalized spacial score (nSPS) is 6.33. The van der Waals surface area contributed by atoms with Gasteiger partial charge in [0.1, 0.15) is 0 Å². The smallest absolute Gasteiger partial charge is 1.00 e. The molecular formula is C4H6NNaO2S. The zero-order valence-corrected chi connectivity index (χ0v) is 8.20. The van der Waals surface area contributed by atoms with Crippen LogP contribution in [0.15, 0.2) is 4.99 Å². The van der Waals surface area contributed by atoms with Crippen molar-refractivity contribution in [2.45, 2.75) is 6.92 Å². The predicted octanol–water partition coefficient (Wildman–Crippen LogP) is -1.64. The molecule has 0 aromatic rings. The molecule has 0 saturated heterocycles. The Balaban J connectivity index is -0.000000245. The molecule has 0 aliphatic rings. The minimum atomic E-state index is -0.678. The van der Waals surface area contributed by atoms with Gasteiger partial charge in [-0.15, -0.1) is 4.99 Å². The second-order valence-electron chi connectivity index (χ2n) is 0.902. The van der Waals surface area contributed by atoms with E-state index in [0.717, 1.165) is 0 Å². The Morgan fingerprint density at radius 1 is 2.00 bits per heavy atom. The molecular weight excluding hydrogens is 149 g/mol. The van der Waals surface area contributed by atoms with Gasteiger partial charge in [-0.05, 0) is 19.1 Å². The van der Waals surface area contributed by atoms with E-state index in [1.54, 1.807) is 6.92 Å². The molecule has 0 aromatic carbocycles. The van der Waals surface area contributed by atoms with Crippen molar-refractivity contribution in [1.82, 2.24) is 0 Å². The largest absolute Gasteiger partial charge is 1.00 e. The molecule has 0 aromatic heterocycles. The molecule has 0 fully saturated rings. The van der Waals surface area contributed by atoms with Crippen molar-refractivity contribution in [3.8, 4) is 0 Å². The third-order valence-corrected chi connectivity index (χ3v) is 0.496. The van der Waals surface area contributed by atoms with E-state index in [0.29, 0.717) is 6.61 Å². The molecule has 0 N–H and O–H groups in total. The molecule has 0 saturated carbocycles. The van der Waals surface area contributed by atoms with E-state index >= 15 is 0 Å². The minimum absolute atomic E-state index is 0. The Labute approximate surface area is 82.3 Å². The summed E-state index contributed by atoms with van der Waals surface area (Å²) in [6, 6.07) is 0. The molecule has 3 nitrogen and oxygen atoms in total. The maximum atomic E-state index is 10.1. The Kier molecular flexibility index (Phi) is 11.0. The molecule has 9 heavy (non-hydrogen) atoms. The van der Waals surface area contributed by atoms with Crippen LogP contribution >= 0.6 is 12.2 Å². The number of nitrogens with zero attached hydrogens (tertiary/aromatic N) is 1. The first-order valence-electron chi connectivity index (χ1n) is 2.06. The van der Waals surface area contributed by atoms with Gasteiger partial charge in [-0.2, -0.15) is 0 Å². The number of isothiocyanates is 1. The molecule has 5 heteroatoms. The van der Waals surface area contributed by atoms with Gasteiger partial charge < -0.3 is 6.16 Å². The van der Waals surface area contributed by atoms with Gasteiger partial charge in [0.2, 0.25) is 0 Å². The SMILES string of the molecule is CCOC(=O)N=C=S.[H-].[Na+]. The van der Waals surface area contributed by atoms with Crippen LogP contribution < -0.4 is 29.6 Å². The Morgan fingerprint density at radius 3 is 2.89 bits per heavy atom. The van der Waals surface area contributed by atoms with Gasteiger partial charge >= 0.3 is 35.7 Å². The van der Waals surface area contributed by atoms with E-state index < -0.39 is 6.09 Å². The maximum Gasteiger partial charge on any atom is 1.00 e. The first-order valence-corrected chi connectivity index (χ1v) is 2.46. The number of hydrogen-bond donors (Lipinski definition) is 0. The summed E-state index contributed by atoms with van der Waals surface area (Å²) in [4.78, 5) is 13.1. The van der Waals surface area contributed by atoms with Crippen LogP contribution in [0.25, 0.3) is 0 Å². The second-order valence-corrected chi connectivity index (χ2v) is 1.08. The van der Waals surface area contributed by atoms with Crippen LogP contribution in [0.2, 0.25) is 0 Å². The first-order chi connectivity index (χ1) is 3.81. The van der Waals surface area contributed by atoms with Crippen molar-refractivity contribution in [2.24, 2.45) is 4.99 Å². The van der Waals surface area contributed by atoms with Crippen LogP contribution in [0.5, 0.6) is 0 Å². The van der Waals surface area contributed by atoms with Gasteiger partial charge in [0.25, 0.3) is 0 Å². The molecule has 0 aliphatic heterocycles. The number of carbonyl (C=O) groups excluding carboxylic acids is 1. The molecule has 0 spiro atoms. The van der Waals surface area contributed by atoms with E-state index in [4.69, 9.17) is 0 Å². The van der Waals surface area contributed by atoms with E-state index in [1.807, 2.05) is 5.16 Å². The van der Waals surface area contributed by atoms with Gasteiger partial charge in [-0.25, -0.2) is 4.79 Å². The van der Waals surface area contributed by atoms with E-state index in [9.17, 15) is 4.79 Å². The fourth-order valence-electron chi connectivity index (χ4n) is 0.193. The molecule has 0 unspecified atom stereocenters. The van der Waals surface area contributed by atoms with Crippen molar-refractivity contribution in [3.63, 3.8) is 0 Å². The molecule has 0 bridgehead atoms. The second kappa shape index (κ2) is 8.27. The van der Waals surface area contributed by atoms with Crippen LogP contribution in [-0.2, 0) is 4.74 Å². The van der Waals surface area contributed by atoms with Crippen molar-refractivity contribution >= 4 is 23.5 Å². The van der Waals surface area contributed by atoms with Crippen LogP contribution in [-0.4, -0.2) is 17.9 Å². The summed E-state index contributed by atoms with van der Waals surface area (Å²) in [7, 11) is 0. The van der Waals surface area contributed by atoms with Gasteiger partial charge in [0.15, 0.2) is 0 Å². The van der Waals surface area contributed by atoms with E-state index in [2.05, 4.69) is 21.9 Å². The molecule has 0 radical (unpaired) electrons. The number of hydrogen-bond acceptors (Lipinski definition) is 3. The van der Waals surface area contributed by atoms with E-state index in [-0.39, 0.29) is 31.0 Å². The summed E-state index contributed by atoms with van der Waals surface area (Å²) in [6.45, 7) is 2.01. The monoisotopic (exact) mass is 155 g/mol. The van der Waals surface area contributed by atoms with Crippen molar-refractivity contribution in [3.05, 3.63) is 0 Å². The predicted molar refractivity (Wildman–Crippen MR) is 33.2 cm³/mol. The van der Waals surface area contributed by atoms with Crippen LogP contribution in [0.3, 0.4) is 0 Å². The Bertz CT molecular complexity index is 137. The van der Waals surface area contributed by atoms with Crippen molar-refractivity contribution in [1.29, 1.82) is 0 Å². The van der Waals surface area contributed by atoms with Crippen LogP contribution in [0, 0.1) is 0 Å². The number of ether oxygens (including phenoxy) is 1. The van der Waals surface area contributed by atoms with Gasteiger partial charge in [-0.1, -0.05) is 0 Å². The number of thiocarbonyl (C=S) groups is 1. The fourth-order valence-corrected chi connectivity index (χ4v) is 0.268.